The first-order valence-electron chi connectivity index (χ1n) is 7.73. The van der Waals surface area contributed by atoms with Gasteiger partial charge in [0.2, 0.25) is 0 Å². The molecule has 0 spiro atoms. The van der Waals surface area contributed by atoms with Crippen LogP contribution in [0.4, 0.5) is 0 Å². The highest BCUT2D eigenvalue weighted by Crippen LogP contribution is 2.18. The number of rotatable bonds is 4. The molecule has 0 aliphatic rings. The molecule has 0 aliphatic carbocycles. The molecular formula is C19H15N5. The molecule has 0 radical (unpaired) electrons. The normalized spacial score (nSPS) is 10.7. The molecule has 0 aliphatic heterocycles. The molecule has 0 amide bonds. The molecule has 24 heavy (non-hydrogen) atoms. The summed E-state index contributed by atoms with van der Waals surface area (Å²) in [6.45, 7) is 0. The van der Waals surface area contributed by atoms with Crippen molar-refractivity contribution in [1.82, 2.24) is 24.7 Å². The number of nitrogens with zero attached hydrogens (tertiary/aromatic N) is 5. The van der Waals surface area contributed by atoms with E-state index in [-0.39, 0.29) is 0 Å². The first kappa shape index (κ1) is 14.3. The Bertz CT molecular complexity index is 918. The summed E-state index contributed by atoms with van der Waals surface area (Å²) >= 11 is 0. The second-order valence-corrected chi connectivity index (χ2v) is 5.32. The van der Waals surface area contributed by atoms with E-state index in [0.717, 1.165) is 22.9 Å². The molecule has 0 N–H and O–H groups in total. The fourth-order valence-corrected chi connectivity index (χ4v) is 2.50. The maximum absolute atomic E-state index is 4.72. The van der Waals surface area contributed by atoms with Gasteiger partial charge in [0.15, 0.2) is 11.6 Å². The van der Waals surface area contributed by atoms with E-state index >= 15 is 0 Å². The van der Waals surface area contributed by atoms with Gasteiger partial charge < -0.3 is 0 Å². The van der Waals surface area contributed by atoms with E-state index in [1.165, 1.54) is 0 Å². The molecule has 0 bridgehead atoms. The van der Waals surface area contributed by atoms with Gasteiger partial charge in [-0.05, 0) is 24.3 Å². The molecule has 0 atom stereocenters. The van der Waals surface area contributed by atoms with Crippen molar-refractivity contribution in [3.8, 4) is 17.2 Å². The van der Waals surface area contributed by atoms with Gasteiger partial charge in [-0.25, -0.2) is 9.97 Å². The van der Waals surface area contributed by atoms with E-state index in [1.54, 1.807) is 17.1 Å². The Kier molecular flexibility index (Phi) is 3.81. The number of hydrogen-bond donors (Lipinski definition) is 0. The van der Waals surface area contributed by atoms with Crippen molar-refractivity contribution in [3.63, 3.8) is 0 Å². The van der Waals surface area contributed by atoms with Gasteiger partial charge in [-0.2, -0.15) is 4.68 Å². The number of hydrogen-bond acceptors (Lipinski definition) is 4. The summed E-state index contributed by atoms with van der Waals surface area (Å²) in [4.78, 5) is 13.5. The summed E-state index contributed by atoms with van der Waals surface area (Å²) in [6.07, 6.45) is 4.13. The average molecular weight is 313 g/mol. The van der Waals surface area contributed by atoms with Crippen LogP contribution in [0, 0.1) is 0 Å². The van der Waals surface area contributed by atoms with Crippen LogP contribution in [0.3, 0.4) is 0 Å². The molecule has 4 rings (SSSR count). The predicted octanol–water partition coefficient (Wildman–Crippen LogP) is 3.32. The maximum atomic E-state index is 4.72. The topological polar surface area (TPSA) is 56.5 Å². The number of benzene rings is 1. The number of aromatic nitrogens is 5. The molecule has 116 valence electrons. The van der Waals surface area contributed by atoms with Crippen LogP contribution in [0.5, 0.6) is 0 Å². The monoisotopic (exact) mass is 313 g/mol. The Hall–Kier alpha value is -3.34. The van der Waals surface area contributed by atoms with E-state index < -0.39 is 0 Å². The lowest BCUT2D eigenvalue weighted by Crippen LogP contribution is -2.06. The zero-order valence-electron chi connectivity index (χ0n) is 12.9. The van der Waals surface area contributed by atoms with Crippen molar-refractivity contribution in [2.45, 2.75) is 6.42 Å². The number of pyridine rings is 2. The molecule has 3 aromatic heterocycles. The van der Waals surface area contributed by atoms with Crippen LogP contribution in [0.2, 0.25) is 0 Å². The summed E-state index contributed by atoms with van der Waals surface area (Å²) in [5, 5.41) is 4.66. The van der Waals surface area contributed by atoms with Crippen molar-refractivity contribution in [2.75, 3.05) is 0 Å². The molecule has 5 heteroatoms. The van der Waals surface area contributed by atoms with Crippen molar-refractivity contribution in [2.24, 2.45) is 0 Å². The average Bonchev–Trinajstić information content (AvgIpc) is 3.08. The van der Waals surface area contributed by atoms with Gasteiger partial charge >= 0.3 is 0 Å². The van der Waals surface area contributed by atoms with Crippen LogP contribution < -0.4 is 0 Å². The smallest absolute Gasteiger partial charge is 0.181 e. The highest BCUT2D eigenvalue weighted by molar-refractivity contribution is 5.54. The standard InChI is InChI=1S/C19H15N5/c1-2-8-15(9-3-1)19-22-18(14-16-10-4-6-12-20-16)24(23-19)17-11-5-7-13-21-17/h1-13H,14H2. The van der Waals surface area contributed by atoms with Crippen LogP contribution in [-0.4, -0.2) is 24.7 Å². The minimum Gasteiger partial charge on any atom is -0.261 e. The van der Waals surface area contributed by atoms with E-state index in [2.05, 4.69) is 15.1 Å². The molecule has 3 heterocycles. The van der Waals surface area contributed by atoms with Gasteiger partial charge in [-0.15, -0.1) is 5.10 Å². The zero-order chi connectivity index (χ0) is 16.2. The molecule has 0 unspecified atom stereocenters. The lowest BCUT2D eigenvalue weighted by atomic mass is 10.2. The third-order valence-electron chi connectivity index (χ3n) is 3.64. The van der Waals surface area contributed by atoms with E-state index in [4.69, 9.17) is 4.98 Å². The Morgan fingerprint density at radius 2 is 1.50 bits per heavy atom. The first-order valence-corrected chi connectivity index (χ1v) is 7.73. The van der Waals surface area contributed by atoms with Gasteiger partial charge in [-0.1, -0.05) is 42.5 Å². The van der Waals surface area contributed by atoms with Gasteiger partial charge in [0, 0.05) is 23.7 Å². The molecule has 0 saturated carbocycles. The molecular weight excluding hydrogens is 298 g/mol. The van der Waals surface area contributed by atoms with Crippen LogP contribution in [-0.2, 0) is 6.42 Å². The van der Waals surface area contributed by atoms with Gasteiger partial charge in [0.05, 0.1) is 6.42 Å². The summed E-state index contributed by atoms with van der Waals surface area (Å²) in [5.74, 6) is 2.25. The second kappa shape index (κ2) is 6.42. The van der Waals surface area contributed by atoms with Crippen LogP contribution in [0.25, 0.3) is 17.2 Å². The molecule has 5 nitrogen and oxygen atoms in total. The third kappa shape index (κ3) is 2.92. The molecule has 4 aromatic rings. The first-order chi connectivity index (χ1) is 11.9. The minimum atomic E-state index is 0.594. The van der Waals surface area contributed by atoms with Crippen molar-refractivity contribution >= 4 is 0 Å². The Morgan fingerprint density at radius 1 is 0.750 bits per heavy atom. The Morgan fingerprint density at radius 3 is 2.21 bits per heavy atom. The van der Waals surface area contributed by atoms with Gasteiger partial charge in [0.25, 0.3) is 0 Å². The Labute approximate surface area is 139 Å². The maximum Gasteiger partial charge on any atom is 0.181 e. The third-order valence-corrected chi connectivity index (χ3v) is 3.64. The molecule has 0 fully saturated rings. The Balaban J connectivity index is 1.80. The minimum absolute atomic E-state index is 0.594. The van der Waals surface area contributed by atoms with Crippen LogP contribution >= 0.6 is 0 Å². The lowest BCUT2D eigenvalue weighted by Gasteiger charge is -2.04. The molecule has 0 saturated heterocycles. The SMILES string of the molecule is c1ccc(-c2nc(Cc3ccccn3)n(-c3ccccn3)n2)cc1. The van der Waals surface area contributed by atoms with Crippen molar-refractivity contribution in [3.05, 3.63) is 90.6 Å². The fourth-order valence-electron chi connectivity index (χ4n) is 2.50. The summed E-state index contributed by atoms with van der Waals surface area (Å²) in [6, 6.07) is 21.6. The van der Waals surface area contributed by atoms with Crippen molar-refractivity contribution in [1.29, 1.82) is 0 Å². The van der Waals surface area contributed by atoms with Crippen molar-refractivity contribution < 1.29 is 0 Å². The highest BCUT2D eigenvalue weighted by Gasteiger charge is 2.14. The fraction of sp³-hybridized carbons (Fsp3) is 0.0526. The highest BCUT2D eigenvalue weighted by atomic mass is 15.4. The summed E-state index contributed by atoms with van der Waals surface area (Å²) < 4.78 is 1.79. The molecule has 1 aromatic carbocycles. The summed E-state index contributed by atoms with van der Waals surface area (Å²) in [5.41, 5.74) is 1.93. The predicted molar refractivity (Wildman–Crippen MR) is 91.6 cm³/mol. The van der Waals surface area contributed by atoms with Gasteiger partial charge in [-0.3, -0.25) is 4.98 Å². The lowest BCUT2D eigenvalue weighted by molar-refractivity contribution is 0.783. The second-order valence-electron chi connectivity index (χ2n) is 5.32. The van der Waals surface area contributed by atoms with Crippen LogP contribution in [0.1, 0.15) is 11.5 Å². The van der Waals surface area contributed by atoms with Gasteiger partial charge in [0.1, 0.15) is 5.82 Å². The van der Waals surface area contributed by atoms with E-state index in [0.29, 0.717) is 12.2 Å². The summed E-state index contributed by atoms with van der Waals surface area (Å²) in [7, 11) is 0. The zero-order valence-corrected chi connectivity index (χ0v) is 12.9. The van der Waals surface area contributed by atoms with Crippen LogP contribution in [0.15, 0.2) is 79.1 Å². The van der Waals surface area contributed by atoms with E-state index in [1.807, 2.05) is 66.7 Å². The van der Waals surface area contributed by atoms with E-state index in [9.17, 15) is 0 Å². The largest absolute Gasteiger partial charge is 0.261 e. The quantitative estimate of drug-likeness (QED) is 0.580.